The number of alkyl halides is 1. The molecule has 0 spiro atoms. The molecule has 0 bridgehead atoms. The number of aliphatic hydroxyl groups is 3. The highest BCUT2D eigenvalue weighted by molar-refractivity contribution is 6.21. The van der Waals surface area contributed by atoms with Gasteiger partial charge in [-0.25, -0.2) is 0 Å². The molecule has 62 valence electrons. The van der Waals surface area contributed by atoms with Crippen LogP contribution < -0.4 is 5.73 Å². The molecule has 0 aromatic rings. The predicted molar refractivity (Wildman–Crippen MR) is 37.8 cm³/mol. The summed E-state index contributed by atoms with van der Waals surface area (Å²) in [5, 5.41) is 24.9. The molecule has 0 fully saturated rings. The lowest BCUT2D eigenvalue weighted by molar-refractivity contribution is 0.100. The van der Waals surface area contributed by atoms with Crippen molar-refractivity contribution in [1.29, 1.82) is 0 Å². The predicted octanol–water partition coefficient (Wildman–Crippen LogP) is -1.73. The Bertz CT molecular complexity index is 96.9. The summed E-state index contributed by atoms with van der Waals surface area (Å²) in [5.74, 6) is 0. The normalized spacial score (nSPS) is 15.3. The average Bonchev–Trinajstić information content (AvgIpc) is 2.01. The van der Waals surface area contributed by atoms with Gasteiger partial charge in [0, 0.05) is 0 Å². The van der Waals surface area contributed by atoms with E-state index in [2.05, 4.69) is 0 Å². The number of aliphatic hydroxyl groups excluding tert-OH is 3. The smallest absolute Gasteiger partial charge is 0.0811 e. The van der Waals surface area contributed by atoms with Crippen LogP contribution in [0.3, 0.4) is 0 Å². The minimum absolute atomic E-state index is 0.362. The Kier molecular flexibility index (Phi) is 4.15. The first-order chi connectivity index (χ1) is 4.60. The van der Waals surface area contributed by atoms with Crippen molar-refractivity contribution in [3.8, 4) is 0 Å². The van der Waals surface area contributed by atoms with Gasteiger partial charge in [0.2, 0.25) is 0 Å². The van der Waals surface area contributed by atoms with Crippen LogP contribution in [0.15, 0.2) is 0 Å². The molecule has 0 aromatic heterocycles. The molecule has 5 N–H and O–H groups in total. The Morgan fingerprint density at radius 3 is 1.80 bits per heavy atom. The zero-order valence-corrected chi connectivity index (χ0v) is 6.25. The van der Waals surface area contributed by atoms with Crippen LogP contribution in [0, 0.1) is 0 Å². The van der Waals surface area contributed by atoms with Crippen LogP contribution in [0.2, 0.25) is 0 Å². The van der Waals surface area contributed by atoms with Gasteiger partial charge in [0.15, 0.2) is 0 Å². The number of hydrogen-bond acceptors (Lipinski definition) is 4. The first kappa shape index (κ1) is 10.1. The van der Waals surface area contributed by atoms with Crippen molar-refractivity contribution in [3.63, 3.8) is 0 Å². The van der Waals surface area contributed by atoms with Gasteiger partial charge in [-0.2, -0.15) is 0 Å². The minimum atomic E-state index is -1.28. The first-order valence-corrected chi connectivity index (χ1v) is 3.30. The van der Waals surface area contributed by atoms with Crippen molar-refractivity contribution in [2.75, 3.05) is 19.8 Å². The maximum absolute atomic E-state index is 8.61. The molecule has 5 heteroatoms. The van der Waals surface area contributed by atoms with E-state index in [0.717, 1.165) is 0 Å². The molecule has 0 aliphatic carbocycles. The van der Waals surface area contributed by atoms with Crippen molar-refractivity contribution in [1.82, 2.24) is 0 Å². The second-order valence-corrected chi connectivity index (χ2v) is 2.73. The van der Waals surface area contributed by atoms with Gasteiger partial charge in [-0.3, -0.25) is 0 Å². The fourth-order valence-electron chi connectivity index (χ4n) is 0.430. The van der Waals surface area contributed by atoms with E-state index >= 15 is 0 Å². The molecule has 0 saturated heterocycles. The van der Waals surface area contributed by atoms with E-state index in [1.54, 1.807) is 0 Å². The number of hydrogen-bond donors (Lipinski definition) is 4. The largest absolute Gasteiger partial charge is 0.395 e. The molecule has 0 aliphatic rings. The van der Waals surface area contributed by atoms with Crippen LogP contribution in [0.1, 0.15) is 0 Å². The van der Waals surface area contributed by atoms with E-state index < -0.39 is 24.1 Å². The SMILES string of the molecule is NC(CO)(CO)C(Cl)CO. The lowest BCUT2D eigenvalue weighted by Gasteiger charge is -2.28. The summed E-state index contributed by atoms with van der Waals surface area (Å²) in [4.78, 5) is 0. The molecule has 0 saturated carbocycles. The van der Waals surface area contributed by atoms with Crippen LogP contribution in [0.4, 0.5) is 0 Å². The van der Waals surface area contributed by atoms with E-state index in [9.17, 15) is 0 Å². The fourth-order valence-corrected chi connectivity index (χ4v) is 0.568. The second-order valence-electron chi connectivity index (χ2n) is 2.20. The monoisotopic (exact) mass is 169 g/mol. The van der Waals surface area contributed by atoms with E-state index in [-0.39, 0.29) is 6.61 Å². The summed E-state index contributed by atoms with van der Waals surface area (Å²) in [6, 6.07) is 0. The topological polar surface area (TPSA) is 86.7 Å². The first-order valence-electron chi connectivity index (χ1n) is 2.86. The number of rotatable bonds is 4. The van der Waals surface area contributed by atoms with Crippen LogP contribution in [0.5, 0.6) is 0 Å². The Hall–Kier alpha value is 0.130. The van der Waals surface area contributed by atoms with Gasteiger partial charge in [0.1, 0.15) is 0 Å². The maximum atomic E-state index is 8.61. The van der Waals surface area contributed by atoms with Crippen LogP contribution in [0.25, 0.3) is 0 Å². The second kappa shape index (κ2) is 4.10. The van der Waals surface area contributed by atoms with Crippen molar-refractivity contribution >= 4 is 11.6 Å². The van der Waals surface area contributed by atoms with Crippen molar-refractivity contribution in [2.45, 2.75) is 10.9 Å². The Morgan fingerprint density at radius 2 is 1.70 bits per heavy atom. The quantitative estimate of drug-likeness (QED) is 0.377. The Balaban J connectivity index is 4.02. The molecule has 0 rings (SSSR count). The van der Waals surface area contributed by atoms with Gasteiger partial charge in [0.25, 0.3) is 0 Å². The molecule has 4 nitrogen and oxygen atoms in total. The highest BCUT2D eigenvalue weighted by Gasteiger charge is 2.31. The fraction of sp³-hybridized carbons (Fsp3) is 1.00. The number of nitrogens with two attached hydrogens (primary N) is 1. The van der Waals surface area contributed by atoms with E-state index in [1.807, 2.05) is 0 Å². The van der Waals surface area contributed by atoms with Gasteiger partial charge in [-0.15, -0.1) is 11.6 Å². The summed E-state index contributed by atoms with van der Waals surface area (Å²) in [7, 11) is 0. The van der Waals surface area contributed by atoms with E-state index in [4.69, 9.17) is 32.7 Å². The Morgan fingerprint density at radius 1 is 1.30 bits per heavy atom. The molecule has 0 aromatic carbocycles. The summed E-state index contributed by atoms with van der Waals surface area (Å²) < 4.78 is 0. The van der Waals surface area contributed by atoms with Crippen molar-refractivity contribution in [2.24, 2.45) is 5.73 Å². The zero-order chi connectivity index (χ0) is 8.20. The molecule has 1 unspecified atom stereocenters. The Labute approximate surface area is 64.2 Å². The average molecular weight is 170 g/mol. The van der Waals surface area contributed by atoms with Gasteiger partial charge >= 0.3 is 0 Å². The van der Waals surface area contributed by atoms with E-state index in [1.165, 1.54) is 0 Å². The number of halogens is 1. The molecule has 1 atom stereocenters. The highest BCUT2D eigenvalue weighted by Crippen LogP contribution is 2.11. The molecule has 0 amide bonds. The minimum Gasteiger partial charge on any atom is -0.395 e. The van der Waals surface area contributed by atoms with E-state index in [0.29, 0.717) is 0 Å². The van der Waals surface area contributed by atoms with Crippen molar-refractivity contribution in [3.05, 3.63) is 0 Å². The van der Waals surface area contributed by atoms with Crippen LogP contribution in [-0.2, 0) is 0 Å². The lowest BCUT2D eigenvalue weighted by Crippen LogP contribution is -2.56. The molecule has 0 heterocycles. The van der Waals surface area contributed by atoms with Gasteiger partial charge in [-0.05, 0) is 0 Å². The van der Waals surface area contributed by atoms with Crippen molar-refractivity contribution < 1.29 is 15.3 Å². The summed E-state index contributed by atoms with van der Waals surface area (Å²) >= 11 is 5.48. The molecule has 0 aliphatic heterocycles. The summed E-state index contributed by atoms with van der Waals surface area (Å²) in [5.41, 5.74) is 4.08. The maximum Gasteiger partial charge on any atom is 0.0811 e. The summed E-state index contributed by atoms with van der Waals surface area (Å²) in [6.07, 6.45) is 0. The molecule has 0 radical (unpaired) electrons. The highest BCUT2D eigenvalue weighted by atomic mass is 35.5. The lowest BCUT2D eigenvalue weighted by atomic mass is 9.99. The van der Waals surface area contributed by atoms with Gasteiger partial charge in [0.05, 0.1) is 30.7 Å². The third-order valence-corrected chi connectivity index (χ3v) is 1.95. The molecule has 10 heavy (non-hydrogen) atoms. The zero-order valence-electron chi connectivity index (χ0n) is 5.50. The van der Waals surface area contributed by atoms with Gasteiger partial charge < -0.3 is 21.1 Å². The van der Waals surface area contributed by atoms with Gasteiger partial charge in [-0.1, -0.05) is 0 Å². The third-order valence-electron chi connectivity index (χ3n) is 1.37. The third kappa shape index (κ3) is 2.07. The molecular formula is C5H12ClNO3. The van der Waals surface area contributed by atoms with Crippen LogP contribution >= 0.6 is 11.6 Å². The summed E-state index contributed by atoms with van der Waals surface area (Å²) in [6.45, 7) is -1.25. The van der Waals surface area contributed by atoms with Crippen LogP contribution in [-0.4, -0.2) is 46.1 Å². The molecular weight excluding hydrogens is 158 g/mol. The standard InChI is InChI=1S/C5H12ClNO3/c6-4(1-8)5(7,2-9)3-10/h4,8-10H,1-3,7H2.